The summed E-state index contributed by atoms with van der Waals surface area (Å²) >= 11 is 0. The molecule has 0 aromatic heterocycles. The van der Waals surface area contributed by atoms with Crippen LogP contribution < -0.4 is 5.73 Å². The molecule has 0 bridgehead atoms. The van der Waals surface area contributed by atoms with E-state index in [4.69, 9.17) is 11.1 Å². The molecule has 0 saturated carbocycles. The Balaban J connectivity index is 0. The third-order valence-electron chi connectivity index (χ3n) is 1.79. The van der Waals surface area contributed by atoms with E-state index in [1.165, 1.54) is 6.21 Å². The molecular formula is C10H23N3. The molecular weight excluding hydrogens is 162 g/mol. The Morgan fingerprint density at radius 3 is 2.38 bits per heavy atom. The van der Waals surface area contributed by atoms with E-state index in [-0.39, 0.29) is 7.43 Å². The minimum absolute atomic E-state index is 0. The molecule has 0 aromatic carbocycles. The maximum atomic E-state index is 7.03. The highest BCUT2D eigenvalue weighted by atomic mass is 15.1. The molecule has 78 valence electrons. The normalized spacial score (nSPS) is 16.8. The molecule has 1 rings (SSSR count). The summed E-state index contributed by atoms with van der Waals surface area (Å²) < 4.78 is 0. The van der Waals surface area contributed by atoms with E-state index >= 15 is 0 Å². The summed E-state index contributed by atoms with van der Waals surface area (Å²) in [6.45, 7) is 5.85. The Labute approximate surface area is 82.1 Å². The van der Waals surface area contributed by atoms with Gasteiger partial charge >= 0.3 is 0 Å². The average Bonchev–Trinajstić information content (AvgIpc) is 2.13. The third kappa shape index (κ3) is 4.68. The van der Waals surface area contributed by atoms with Gasteiger partial charge in [-0.2, -0.15) is 0 Å². The van der Waals surface area contributed by atoms with Crippen LogP contribution in [0.15, 0.2) is 11.3 Å². The summed E-state index contributed by atoms with van der Waals surface area (Å²) in [7, 11) is 2.04. The number of hydrogen-bond donors (Lipinski definition) is 2. The molecule has 0 saturated heterocycles. The van der Waals surface area contributed by atoms with E-state index < -0.39 is 0 Å². The lowest BCUT2D eigenvalue weighted by atomic mass is 10.1. The standard InChI is InChI=1S/C7H13N3.C2H6.CH4/c1-10-3-2-7(9)6(4-8)5-10;1-2;/h4,8H,2-3,5,9H2,1H3;1-2H3;1H4. The summed E-state index contributed by atoms with van der Waals surface area (Å²) in [5, 5.41) is 7.03. The Kier molecular flexibility index (Phi) is 8.81. The van der Waals surface area contributed by atoms with E-state index in [0.717, 1.165) is 30.8 Å². The van der Waals surface area contributed by atoms with E-state index in [9.17, 15) is 0 Å². The van der Waals surface area contributed by atoms with Gasteiger partial charge in [-0.25, -0.2) is 0 Å². The fourth-order valence-electron chi connectivity index (χ4n) is 1.08. The molecule has 0 amide bonds. The van der Waals surface area contributed by atoms with Crippen molar-refractivity contribution in [1.82, 2.24) is 4.90 Å². The topological polar surface area (TPSA) is 53.1 Å². The average molecular weight is 185 g/mol. The molecule has 0 aromatic rings. The van der Waals surface area contributed by atoms with Crippen LogP contribution in [0.25, 0.3) is 0 Å². The van der Waals surface area contributed by atoms with Gasteiger partial charge in [0.15, 0.2) is 0 Å². The molecule has 1 aliphatic rings. The van der Waals surface area contributed by atoms with Crippen LogP contribution in [0.2, 0.25) is 0 Å². The van der Waals surface area contributed by atoms with Gasteiger partial charge in [-0.3, -0.25) is 0 Å². The maximum Gasteiger partial charge on any atom is 0.0262 e. The van der Waals surface area contributed by atoms with Crippen LogP contribution in [0.1, 0.15) is 27.7 Å². The molecule has 0 unspecified atom stereocenters. The zero-order chi connectivity index (χ0) is 9.56. The molecule has 0 aliphatic carbocycles. The third-order valence-corrected chi connectivity index (χ3v) is 1.79. The van der Waals surface area contributed by atoms with Gasteiger partial charge in [0.05, 0.1) is 0 Å². The van der Waals surface area contributed by atoms with Gasteiger partial charge in [-0.05, 0) is 7.05 Å². The minimum Gasteiger partial charge on any atom is -0.402 e. The number of hydrogen-bond acceptors (Lipinski definition) is 3. The Morgan fingerprint density at radius 2 is 2.00 bits per heavy atom. The quantitative estimate of drug-likeness (QED) is 0.612. The summed E-state index contributed by atoms with van der Waals surface area (Å²) in [5.74, 6) is 0. The molecule has 13 heavy (non-hydrogen) atoms. The van der Waals surface area contributed by atoms with E-state index in [1.807, 2.05) is 20.9 Å². The van der Waals surface area contributed by atoms with Crippen molar-refractivity contribution in [1.29, 1.82) is 5.41 Å². The second-order valence-corrected chi connectivity index (χ2v) is 2.68. The van der Waals surface area contributed by atoms with Crippen molar-refractivity contribution in [3.05, 3.63) is 11.3 Å². The van der Waals surface area contributed by atoms with Crippen molar-refractivity contribution in [2.45, 2.75) is 27.7 Å². The van der Waals surface area contributed by atoms with E-state index in [2.05, 4.69) is 4.90 Å². The maximum absolute atomic E-state index is 7.03. The first-order valence-electron chi connectivity index (χ1n) is 4.40. The SMILES string of the molecule is C.CC.CN1CCC(N)=C(C=N)C1. The van der Waals surface area contributed by atoms with Crippen LogP contribution >= 0.6 is 0 Å². The Morgan fingerprint density at radius 1 is 1.46 bits per heavy atom. The van der Waals surface area contributed by atoms with Gasteiger partial charge in [-0.15, -0.1) is 0 Å². The van der Waals surface area contributed by atoms with Crippen LogP contribution in [0.3, 0.4) is 0 Å². The van der Waals surface area contributed by atoms with Gasteiger partial charge in [0.1, 0.15) is 0 Å². The van der Waals surface area contributed by atoms with Crippen molar-refractivity contribution < 1.29 is 0 Å². The molecule has 0 spiro atoms. The van der Waals surface area contributed by atoms with Crippen LogP contribution in [0.4, 0.5) is 0 Å². The number of likely N-dealkylation sites (N-methyl/N-ethyl adjacent to an activating group) is 1. The smallest absolute Gasteiger partial charge is 0.0262 e. The monoisotopic (exact) mass is 185 g/mol. The minimum atomic E-state index is 0. The molecule has 0 atom stereocenters. The fraction of sp³-hybridized carbons (Fsp3) is 0.700. The zero-order valence-corrected chi connectivity index (χ0v) is 8.22. The van der Waals surface area contributed by atoms with Gasteiger partial charge < -0.3 is 16.0 Å². The van der Waals surface area contributed by atoms with Crippen LogP contribution in [0, 0.1) is 5.41 Å². The van der Waals surface area contributed by atoms with Crippen molar-refractivity contribution in [2.75, 3.05) is 20.1 Å². The Bertz CT molecular complexity index is 173. The van der Waals surface area contributed by atoms with Crippen molar-refractivity contribution in [3.63, 3.8) is 0 Å². The lowest BCUT2D eigenvalue weighted by Gasteiger charge is -2.23. The van der Waals surface area contributed by atoms with E-state index in [0.29, 0.717) is 0 Å². The fourth-order valence-corrected chi connectivity index (χ4v) is 1.08. The highest BCUT2D eigenvalue weighted by Crippen LogP contribution is 2.09. The molecule has 3 N–H and O–H groups in total. The van der Waals surface area contributed by atoms with Gasteiger partial charge in [0.2, 0.25) is 0 Å². The van der Waals surface area contributed by atoms with Crippen molar-refractivity contribution >= 4 is 6.21 Å². The molecule has 0 fully saturated rings. The molecule has 3 nitrogen and oxygen atoms in total. The summed E-state index contributed by atoms with van der Waals surface area (Å²) in [5.41, 5.74) is 7.50. The molecule has 1 aliphatic heterocycles. The zero-order valence-electron chi connectivity index (χ0n) is 8.22. The summed E-state index contributed by atoms with van der Waals surface area (Å²) in [4.78, 5) is 2.16. The summed E-state index contributed by atoms with van der Waals surface area (Å²) in [6.07, 6.45) is 2.26. The second-order valence-electron chi connectivity index (χ2n) is 2.68. The molecule has 3 heteroatoms. The Hall–Kier alpha value is -0.830. The van der Waals surface area contributed by atoms with Crippen molar-refractivity contribution in [2.24, 2.45) is 5.73 Å². The summed E-state index contributed by atoms with van der Waals surface area (Å²) in [6, 6.07) is 0. The lowest BCUT2D eigenvalue weighted by molar-refractivity contribution is 0.353. The van der Waals surface area contributed by atoms with Crippen LogP contribution in [-0.4, -0.2) is 31.3 Å². The van der Waals surface area contributed by atoms with Gasteiger partial charge in [0.25, 0.3) is 0 Å². The number of nitrogens with two attached hydrogens (primary N) is 1. The van der Waals surface area contributed by atoms with E-state index in [1.54, 1.807) is 0 Å². The van der Waals surface area contributed by atoms with Gasteiger partial charge in [0, 0.05) is 37.0 Å². The predicted octanol–water partition coefficient (Wildman–Crippen LogP) is 1.85. The van der Waals surface area contributed by atoms with Crippen molar-refractivity contribution in [3.8, 4) is 0 Å². The highest BCUT2D eigenvalue weighted by molar-refractivity contribution is 5.77. The largest absolute Gasteiger partial charge is 0.402 e. The second kappa shape index (κ2) is 7.80. The predicted molar refractivity (Wildman–Crippen MR) is 60.2 cm³/mol. The number of nitrogens with one attached hydrogen (secondary N) is 1. The number of rotatable bonds is 1. The molecule has 0 radical (unpaired) electrons. The van der Waals surface area contributed by atoms with Gasteiger partial charge in [-0.1, -0.05) is 21.3 Å². The number of nitrogens with zero attached hydrogens (tertiary/aromatic N) is 1. The highest BCUT2D eigenvalue weighted by Gasteiger charge is 2.11. The first kappa shape index (κ1) is 14.7. The first-order valence-corrected chi connectivity index (χ1v) is 4.40. The van der Waals surface area contributed by atoms with Crippen LogP contribution in [0.5, 0.6) is 0 Å². The first-order chi connectivity index (χ1) is 5.74. The lowest BCUT2D eigenvalue weighted by Crippen LogP contribution is -2.30. The van der Waals surface area contributed by atoms with Crippen LogP contribution in [-0.2, 0) is 0 Å². The molecule has 1 heterocycles.